The first-order valence-corrected chi connectivity index (χ1v) is 5.19. The fourth-order valence-electron chi connectivity index (χ4n) is 1.44. The van der Waals surface area contributed by atoms with E-state index in [-0.39, 0.29) is 0 Å². The number of rotatable bonds is 6. The lowest BCUT2D eigenvalue weighted by Gasteiger charge is -2.21. The molecular formula is C12H18N2O. The SMILES string of the molecule is C=CONc1ccc(N(CC)CC)cc1. The Hall–Kier alpha value is -1.64. The Morgan fingerprint density at radius 1 is 1.27 bits per heavy atom. The number of hydrogen-bond donors (Lipinski definition) is 1. The van der Waals surface area contributed by atoms with Crippen molar-refractivity contribution in [2.24, 2.45) is 0 Å². The van der Waals surface area contributed by atoms with Crippen molar-refractivity contribution in [3.8, 4) is 0 Å². The second kappa shape index (κ2) is 5.96. The van der Waals surface area contributed by atoms with Crippen molar-refractivity contribution in [1.29, 1.82) is 0 Å². The second-order valence-electron chi connectivity index (χ2n) is 3.11. The van der Waals surface area contributed by atoms with Crippen molar-refractivity contribution in [1.82, 2.24) is 0 Å². The minimum absolute atomic E-state index is 0.922. The van der Waals surface area contributed by atoms with Crippen molar-refractivity contribution >= 4 is 11.4 Å². The third kappa shape index (κ3) is 3.20. The highest BCUT2D eigenvalue weighted by molar-refractivity contribution is 5.54. The molecule has 0 unspecified atom stereocenters. The van der Waals surface area contributed by atoms with Crippen LogP contribution >= 0.6 is 0 Å². The number of benzene rings is 1. The molecule has 0 bridgehead atoms. The molecule has 0 fully saturated rings. The Bertz CT molecular complexity index is 291. The van der Waals surface area contributed by atoms with E-state index in [1.807, 2.05) is 12.1 Å². The number of hydrogen-bond acceptors (Lipinski definition) is 3. The summed E-state index contributed by atoms with van der Waals surface area (Å²) >= 11 is 0. The summed E-state index contributed by atoms with van der Waals surface area (Å²) in [6.07, 6.45) is 1.36. The average molecular weight is 206 g/mol. The van der Waals surface area contributed by atoms with E-state index >= 15 is 0 Å². The van der Waals surface area contributed by atoms with Crippen LogP contribution in [0.4, 0.5) is 11.4 Å². The molecule has 3 heteroatoms. The quantitative estimate of drug-likeness (QED) is 0.572. The molecule has 0 spiro atoms. The van der Waals surface area contributed by atoms with E-state index < -0.39 is 0 Å². The first-order chi connectivity index (χ1) is 7.31. The monoisotopic (exact) mass is 206 g/mol. The van der Waals surface area contributed by atoms with E-state index in [0.29, 0.717) is 0 Å². The van der Waals surface area contributed by atoms with Crippen molar-refractivity contribution < 1.29 is 4.84 Å². The van der Waals surface area contributed by atoms with Crippen LogP contribution in [0.2, 0.25) is 0 Å². The van der Waals surface area contributed by atoms with Crippen molar-refractivity contribution in [2.75, 3.05) is 23.5 Å². The van der Waals surface area contributed by atoms with Gasteiger partial charge in [-0.1, -0.05) is 6.58 Å². The molecule has 0 radical (unpaired) electrons. The Labute approximate surface area is 91.3 Å². The molecule has 0 aromatic heterocycles. The van der Waals surface area contributed by atoms with Crippen LogP contribution in [0.1, 0.15) is 13.8 Å². The number of nitrogens with one attached hydrogen (secondary N) is 1. The van der Waals surface area contributed by atoms with Crippen molar-refractivity contribution in [3.63, 3.8) is 0 Å². The Kier molecular flexibility index (Phi) is 4.54. The van der Waals surface area contributed by atoms with Gasteiger partial charge in [-0.25, -0.2) is 5.48 Å². The third-order valence-corrected chi connectivity index (χ3v) is 2.26. The molecule has 1 aromatic carbocycles. The van der Waals surface area contributed by atoms with Gasteiger partial charge in [0.05, 0.1) is 5.69 Å². The van der Waals surface area contributed by atoms with Crippen LogP contribution in [0.15, 0.2) is 37.1 Å². The normalized spacial score (nSPS) is 9.47. The lowest BCUT2D eigenvalue weighted by atomic mass is 10.2. The minimum Gasteiger partial charge on any atom is -0.391 e. The van der Waals surface area contributed by atoms with Crippen LogP contribution in [0.5, 0.6) is 0 Å². The highest BCUT2D eigenvalue weighted by Crippen LogP contribution is 2.17. The van der Waals surface area contributed by atoms with Crippen molar-refractivity contribution in [2.45, 2.75) is 13.8 Å². The number of nitrogens with zero attached hydrogens (tertiary/aromatic N) is 1. The first-order valence-electron chi connectivity index (χ1n) is 5.19. The van der Waals surface area contributed by atoms with E-state index in [2.05, 4.69) is 42.9 Å². The second-order valence-corrected chi connectivity index (χ2v) is 3.11. The molecule has 1 N–H and O–H groups in total. The third-order valence-electron chi connectivity index (χ3n) is 2.26. The van der Waals surface area contributed by atoms with E-state index in [0.717, 1.165) is 18.8 Å². The van der Waals surface area contributed by atoms with Gasteiger partial charge in [-0.3, -0.25) is 0 Å². The molecule has 0 heterocycles. The highest BCUT2D eigenvalue weighted by Gasteiger charge is 2.00. The van der Waals surface area contributed by atoms with Crippen LogP contribution in [0.3, 0.4) is 0 Å². The first kappa shape index (κ1) is 11.4. The molecule has 0 aliphatic rings. The smallest absolute Gasteiger partial charge is 0.112 e. The van der Waals surface area contributed by atoms with Crippen LogP contribution in [0.25, 0.3) is 0 Å². The zero-order chi connectivity index (χ0) is 11.1. The Balaban J connectivity index is 2.66. The van der Waals surface area contributed by atoms with Gasteiger partial charge >= 0.3 is 0 Å². The lowest BCUT2D eigenvalue weighted by Crippen LogP contribution is -2.21. The van der Waals surface area contributed by atoms with Crippen LogP contribution < -0.4 is 10.4 Å². The largest absolute Gasteiger partial charge is 0.391 e. The zero-order valence-electron chi connectivity index (χ0n) is 9.36. The molecule has 0 aliphatic heterocycles. The van der Waals surface area contributed by atoms with E-state index in [1.54, 1.807) is 0 Å². The van der Waals surface area contributed by atoms with E-state index in [9.17, 15) is 0 Å². The molecule has 0 amide bonds. The van der Waals surface area contributed by atoms with Gasteiger partial charge in [0.1, 0.15) is 6.26 Å². The van der Waals surface area contributed by atoms with Crippen LogP contribution in [-0.2, 0) is 4.84 Å². The maximum absolute atomic E-state index is 4.87. The topological polar surface area (TPSA) is 24.5 Å². The van der Waals surface area contributed by atoms with E-state index in [4.69, 9.17) is 4.84 Å². The van der Waals surface area contributed by atoms with Gasteiger partial charge in [-0.2, -0.15) is 0 Å². The molecule has 0 saturated carbocycles. The molecule has 0 atom stereocenters. The summed E-state index contributed by atoms with van der Waals surface area (Å²) in [5, 5.41) is 0. The van der Waals surface area contributed by atoms with Crippen molar-refractivity contribution in [3.05, 3.63) is 37.1 Å². The zero-order valence-corrected chi connectivity index (χ0v) is 9.36. The van der Waals surface area contributed by atoms with Gasteiger partial charge < -0.3 is 9.74 Å². The Morgan fingerprint density at radius 2 is 1.87 bits per heavy atom. The van der Waals surface area contributed by atoms with Gasteiger partial charge in [0.2, 0.25) is 0 Å². The molecular weight excluding hydrogens is 188 g/mol. The summed E-state index contributed by atoms with van der Waals surface area (Å²) in [6.45, 7) is 9.79. The summed E-state index contributed by atoms with van der Waals surface area (Å²) in [6, 6.07) is 8.11. The molecule has 1 rings (SSSR count). The summed E-state index contributed by atoms with van der Waals surface area (Å²) in [7, 11) is 0. The maximum Gasteiger partial charge on any atom is 0.112 e. The molecule has 0 aliphatic carbocycles. The summed E-state index contributed by atoms with van der Waals surface area (Å²) < 4.78 is 0. The Morgan fingerprint density at radius 3 is 2.33 bits per heavy atom. The molecule has 1 aromatic rings. The average Bonchev–Trinajstić information content (AvgIpc) is 2.29. The highest BCUT2D eigenvalue weighted by atomic mass is 16.6. The van der Waals surface area contributed by atoms with Gasteiger partial charge in [0.25, 0.3) is 0 Å². The lowest BCUT2D eigenvalue weighted by molar-refractivity contribution is 0.331. The molecule has 0 saturated heterocycles. The summed E-state index contributed by atoms with van der Waals surface area (Å²) in [5.41, 5.74) is 4.91. The standard InChI is InChI=1S/C12H18N2O/c1-4-14(5-2)12-9-7-11(8-10-12)13-15-6-3/h6-10,13H,3-5H2,1-2H3. The minimum atomic E-state index is 0.922. The molecule has 82 valence electrons. The number of anilines is 2. The summed E-state index contributed by atoms with van der Waals surface area (Å²) in [4.78, 5) is 7.16. The van der Waals surface area contributed by atoms with Crippen LogP contribution in [0, 0.1) is 0 Å². The van der Waals surface area contributed by atoms with Gasteiger partial charge in [0.15, 0.2) is 0 Å². The fourth-order valence-corrected chi connectivity index (χ4v) is 1.44. The summed E-state index contributed by atoms with van der Waals surface area (Å²) in [5.74, 6) is 0. The van der Waals surface area contributed by atoms with E-state index in [1.165, 1.54) is 11.9 Å². The van der Waals surface area contributed by atoms with Gasteiger partial charge in [0, 0.05) is 18.8 Å². The van der Waals surface area contributed by atoms with Gasteiger partial charge in [-0.05, 0) is 38.1 Å². The predicted octanol–water partition coefficient (Wildman–Crippen LogP) is 3.02. The predicted molar refractivity (Wildman–Crippen MR) is 64.9 cm³/mol. The molecule has 3 nitrogen and oxygen atoms in total. The van der Waals surface area contributed by atoms with Gasteiger partial charge in [-0.15, -0.1) is 0 Å². The fraction of sp³-hybridized carbons (Fsp3) is 0.333. The molecule has 15 heavy (non-hydrogen) atoms. The van der Waals surface area contributed by atoms with Crippen LogP contribution in [-0.4, -0.2) is 13.1 Å². The maximum atomic E-state index is 4.87.